The highest BCUT2D eigenvalue weighted by molar-refractivity contribution is 9.10. The molecule has 1 N–H and O–H groups in total. The molecule has 1 aliphatic rings. The Morgan fingerprint density at radius 3 is 2.27 bits per heavy atom. The highest BCUT2D eigenvalue weighted by Gasteiger charge is 2.12. The van der Waals surface area contributed by atoms with Crippen molar-refractivity contribution in [3.8, 4) is 0 Å². The fourth-order valence-corrected chi connectivity index (χ4v) is 3.02. The fraction of sp³-hybridized carbons (Fsp3) is 0.353. The average Bonchev–Trinajstić information content (AvgIpc) is 2.80. The summed E-state index contributed by atoms with van der Waals surface area (Å²) in [5.74, 6) is 0.0525. The molecule has 116 valence electrons. The minimum Gasteiger partial charge on any atom is -0.444 e. The van der Waals surface area contributed by atoms with Crippen LogP contribution >= 0.6 is 15.9 Å². The van der Waals surface area contributed by atoms with Crippen molar-refractivity contribution in [3.05, 3.63) is 46.8 Å². The van der Waals surface area contributed by atoms with Gasteiger partial charge in [0, 0.05) is 24.5 Å². The Hall–Kier alpha value is -1.75. The summed E-state index contributed by atoms with van der Waals surface area (Å²) in [5.41, 5.74) is 2.00. The zero-order valence-electron chi connectivity index (χ0n) is 12.3. The lowest BCUT2D eigenvalue weighted by molar-refractivity contribution is 0.0995. The molecule has 5 heteroatoms. The second kappa shape index (κ2) is 7.01. The van der Waals surface area contributed by atoms with Crippen molar-refractivity contribution in [3.63, 3.8) is 0 Å². The van der Waals surface area contributed by atoms with Crippen LogP contribution in [0.25, 0.3) is 0 Å². The van der Waals surface area contributed by atoms with E-state index in [1.807, 2.05) is 12.1 Å². The van der Waals surface area contributed by atoms with Crippen LogP contribution < -0.4 is 10.2 Å². The van der Waals surface area contributed by atoms with Gasteiger partial charge in [-0.25, -0.2) is 0 Å². The summed E-state index contributed by atoms with van der Waals surface area (Å²) in [6.45, 7) is 2.23. The molecule has 0 radical (unpaired) electrons. The smallest absolute Gasteiger partial charge is 0.291 e. The summed E-state index contributed by atoms with van der Waals surface area (Å²) >= 11 is 3.19. The van der Waals surface area contributed by atoms with E-state index in [-0.39, 0.29) is 5.91 Å². The van der Waals surface area contributed by atoms with Gasteiger partial charge in [-0.2, -0.15) is 0 Å². The molecule has 1 aromatic carbocycles. The normalized spacial score (nSPS) is 15.4. The first-order valence-corrected chi connectivity index (χ1v) is 8.43. The molecule has 0 atom stereocenters. The zero-order valence-corrected chi connectivity index (χ0v) is 13.9. The third-order valence-corrected chi connectivity index (χ3v) is 4.32. The first-order chi connectivity index (χ1) is 10.7. The van der Waals surface area contributed by atoms with E-state index in [4.69, 9.17) is 4.42 Å². The van der Waals surface area contributed by atoms with E-state index in [0.717, 1.165) is 18.8 Å². The number of rotatable bonds is 3. The number of benzene rings is 1. The van der Waals surface area contributed by atoms with E-state index in [1.54, 1.807) is 12.1 Å². The number of anilines is 2. The number of amides is 1. The molecule has 0 aliphatic carbocycles. The van der Waals surface area contributed by atoms with Gasteiger partial charge in [0.05, 0.1) is 0 Å². The maximum absolute atomic E-state index is 12.0. The SMILES string of the molecule is O=C(Nc1ccc(N2CCCCCC2)cc1)c1ccc(Br)o1. The third-order valence-electron chi connectivity index (χ3n) is 3.89. The van der Waals surface area contributed by atoms with E-state index in [9.17, 15) is 4.79 Å². The van der Waals surface area contributed by atoms with Crippen molar-refractivity contribution in [2.45, 2.75) is 25.7 Å². The molecule has 1 saturated heterocycles. The van der Waals surface area contributed by atoms with E-state index in [0.29, 0.717) is 10.4 Å². The maximum atomic E-state index is 12.0. The molecule has 0 spiro atoms. The Morgan fingerprint density at radius 1 is 1.00 bits per heavy atom. The van der Waals surface area contributed by atoms with Crippen molar-refractivity contribution in [1.82, 2.24) is 0 Å². The van der Waals surface area contributed by atoms with Crippen molar-refractivity contribution in [2.75, 3.05) is 23.3 Å². The summed E-state index contributed by atoms with van der Waals surface area (Å²) in [7, 11) is 0. The Balaban J connectivity index is 1.64. The van der Waals surface area contributed by atoms with Crippen LogP contribution in [-0.2, 0) is 0 Å². The van der Waals surface area contributed by atoms with Crippen molar-refractivity contribution in [1.29, 1.82) is 0 Å². The highest BCUT2D eigenvalue weighted by Crippen LogP contribution is 2.22. The van der Waals surface area contributed by atoms with E-state index in [1.165, 1.54) is 31.4 Å². The number of furan rings is 1. The van der Waals surface area contributed by atoms with Crippen LogP contribution in [0.1, 0.15) is 36.2 Å². The van der Waals surface area contributed by atoms with Gasteiger partial charge in [0.2, 0.25) is 0 Å². The van der Waals surface area contributed by atoms with Gasteiger partial charge in [-0.15, -0.1) is 0 Å². The van der Waals surface area contributed by atoms with Crippen LogP contribution in [-0.4, -0.2) is 19.0 Å². The second-order valence-corrected chi connectivity index (χ2v) is 6.29. The van der Waals surface area contributed by atoms with Gasteiger partial charge >= 0.3 is 0 Å². The monoisotopic (exact) mass is 362 g/mol. The van der Waals surface area contributed by atoms with Gasteiger partial charge in [-0.3, -0.25) is 4.79 Å². The van der Waals surface area contributed by atoms with E-state index in [2.05, 4.69) is 38.3 Å². The number of hydrogen-bond acceptors (Lipinski definition) is 3. The lowest BCUT2D eigenvalue weighted by Crippen LogP contribution is -2.23. The predicted molar refractivity (Wildman–Crippen MR) is 91.5 cm³/mol. The van der Waals surface area contributed by atoms with Crippen molar-refractivity contribution >= 4 is 33.2 Å². The molecule has 4 nitrogen and oxygen atoms in total. The number of halogens is 1. The van der Waals surface area contributed by atoms with Crippen molar-refractivity contribution < 1.29 is 9.21 Å². The number of nitrogens with zero attached hydrogens (tertiary/aromatic N) is 1. The molecule has 1 aromatic heterocycles. The Labute approximate surface area is 138 Å². The first-order valence-electron chi connectivity index (χ1n) is 7.64. The quantitative estimate of drug-likeness (QED) is 0.862. The van der Waals surface area contributed by atoms with Gasteiger partial charge in [0.1, 0.15) is 0 Å². The summed E-state index contributed by atoms with van der Waals surface area (Å²) in [6.07, 6.45) is 5.16. The number of carbonyl (C=O) groups excluding carboxylic acids is 1. The number of carbonyl (C=O) groups is 1. The van der Waals surface area contributed by atoms with E-state index < -0.39 is 0 Å². The molecule has 0 saturated carbocycles. The van der Waals surface area contributed by atoms with Crippen LogP contribution in [0.4, 0.5) is 11.4 Å². The molecule has 22 heavy (non-hydrogen) atoms. The fourth-order valence-electron chi connectivity index (χ4n) is 2.71. The van der Waals surface area contributed by atoms with Gasteiger partial charge in [-0.05, 0) is 65.2 Å². The molecule has 3 rings (SSSR count). The van der Waals surface area contributed by atoms with Gasteiger partial charge in [0.15, 0.2) is 10.4 Å². The Morgan fingerprint density at radius 2 is 1.68 bits per heavy atom. The second-order valence-electron chi connectivity index (χ2n) is 5.51. The molecular formula is C17H19BrN2O2. The largest absolute Gasteiger partial charge is 0.444 e. The Bertz CT molecular complexity index is 628. The van der Waals surface area contributed by atoms with Gasteiger partial charge in [0.25, 0.3) is 5.91 Å². The van der Waals surface area contributed by atoms with Crippen LogP contribution in [0.15, 0.2) is 45.5 Å². The minimum atomic E-state index is -0.242. The minimum absolute atomic E-state index is 0.242. The van der Waals surface area contributed by atoms with Crippen molar-refractivity contribution in [2.24, 2.45) is 0 Å². The summed E-state index contributed by atoms with van der Waals surface area (Å²) in [5, 5.41) is 2.84. The van der Waals surface area contributed by atoms with Crippen LogP contribution in [0.3, 0.4) is 0 Å². The lowest BCUT2D eigenvalue weighted by Gasteiger charge is -2.22. The topological polar surface area (TPSA) is 45.5 Å². The molecule has 1 fully saturated rings. The molecule has 0 unspecified atom stereocenters. The zero-order chi connectivity index (χ0) is 15.4. The number of hydrogen-bond donors (Lipinski definition) is 1. The molecule has 1 amide bonds. The molecule has 0 bridgehead atoms. The Kier molecular flexibility index (Phi) is 4.83. The average molecular weight is 363 g/mol. The van der Waals surface area contributed by atoms with Crippen LogP contribution in [0.2, 0.25) is 0 Å². The van der Waals surface area contributed by atoms with Gasteiger partial charge < -0.3 is 14.6 Å². The summed E-state index contributed by atoms with van der Waals surface area (Å²) in [4.78, 5) is 14.4. The molecule has 2 aromatic rings. The molecule has 1 aliphatic heterocycles. The van der Waals surface area contributed by atoms with E-state index >= 15 is 0 Å². The third kappa shape index (κ3) is 3.71. The predicted octanol–water partition coefficient (Wildman–Crippen LogP) is 4.67. The highest BCUT2D eigenvalue weighted by atomic mass is 79.9. The molecule has 2 heterocycles. The lowest BCUT2D eigenvalue weighted by atomic mass is 10.2. The van der Waals surface area contributed by atoms with Crippen LogP contribution in [0, 0.1) is 0 Å². The molecular weight excluding hydrogens is 344 g/mol. The summed E-state index contributed by atoms with van der Waals surface area (Å²) in [6, 6.07) is 11.4. The first kappa shape index (κ1) is 15.2. The number of nitrogens with one attached hydrogen (secondary N) is 1. The van der Waals surface area contributed by atoms with Crippen LogP contribution in [0.5, 0.6) is 0 Å². The van der Waals surface area contributed by atoms with Gasteiger partial charge in [-0.1, -0.05) is 12.8 Å². The maximum Gasteiger partial charge on any atom is 0.291 e. The summed E-state index contributed by atoms with van der Waals surface area (Å²) < 4.78 is 5.80. The standard InChI is InChI=1S/C17H19BrN2O2/c18-16-10-9-15(22-16)17(21)19-13-5-7-14(8-6-13)20-11-3-1-2-4-12-20/h5-10H,1-4,11-12H2,(H,19,21).